The standard InChI is InChI=1S/C38H24N4/c1-3-14-31-27(12-1)33(29-18-16-23-10-6-20-39-35(23)37(29)41-31)25-8-5-9-26(22-25)34-28-13-2-4-15-32(28)42-38-30(34)19-17-24-11-7-21-40-36(24)38/h1-16,18,20-22H,17,19H2. The molecule has 4 heterocycles. The summed E-state index contributed by atoms with van der Waals surface area (Å²) in [6, 6.07) is 38.6. The molecule has 4 heteroatoms. The van der Waals surface area contributed by atoms with Crippen molar-refractivity contribution in [3.63, 3.8) is 0 Å². The minimum Gasteiger partial charge on any atom is -0.254 e. The predicted octanol–water partition coefficient (Wildman–Crippen LogP) is 8.98. The molecule has 8 aromatic rings. The fraction of sp³-hybridized carbons (Fsp3) is 0.0526. The first-order valence-electron chi connectivity index (χ1n) is 14.4. The molecule has 0 atom stereocenters. The molecule has 0 saturated heterocycles. The molecular weight excluding hydrogens is 512 g/mol. The Morgan fingerprint density at radius 2 is 1.21 bits per heavy atom. The van der Waals surface area contributed by atoms with E-state index in [2.05, 4.69) is 97.1 Å². The molecule has 9 rings (SSSR count). The van der Waals surface area contributed by atoms with E-state index < -0.39 is 0 Å². The molecule has 0 saturated carbocycles. The van der Waals surface area contributed by atoms with Crippen molar-refractivity contribution in [3.8, 4) is 33.6 Å². The normalized spacial score (nSPS) is 12.6. The number of hydrogen-bond acceptors (Lipinski definition) is 4. The summed E-state index contributed by atoms with van der Waals surface area (Å²) in [5.41, 5.74) is 13.2. The Kier molecular flexibility index (Phi) is 4.99. The number of nitrogens with zero attached hydrogens (tertiary/aromatic N) is 4. The van der Waals surface area contributed by atoms with E-state index >= 15 is 0 Å². The van der Waals surface area contributed by atoms with Gasteiger partial charge in [-0.25, -0.2) is 9.97 Å². The van der Waals surface area contributed by atoms with Crippen LogP contribution in [0.15, 0.2) is 122 Å². The van der Waals surface area contributed by atoms with Crippen LogP contribution in [0.2, 0.25) is 0 Å². The van der Waals surface area contributed by atoms with Gasteiger partial charge in [-0.15, -0.1) is 0 Å². The number of fused-ring (bicyclic) bond motifs is 8. The minimum absolute atomic E-state index is 0.929. The van der Waals surface area contributed by atoms with E-state index in [1.807, 2.05) is 24.5 Å². The largest absolute Gasteiger partial charge is 0.254 e. The number of hydrogen-bond donors (Lipinski definition) is 0. The van der Waals surface area contributed by atoms with Gasteiger partial charge in [0.05, 0.1) is 33.5 Å². The van der Waals surface area contributed by atoms with Crippen molar-refractivity contribution in [2.24, 2.45) is 0 Å². The van der Waals surface area contributed by atoms with Gasteiger partial charge in [-0.05, 0) is 71.0 Å². The number of aryl methyl sites for hydroxylation is 1. The monoisotopic (exact) mass is 536 g/mol. The van der Waals surface area contributed by atoms with Gasteiger partial charge in [0.25, 0.3) is 0 Å². The van der Waals surface area contributed by atoms with E-state index in [0.717, 1.165) is 68.0 Å². The number of pyridine rings is 4. The van der Waals surface area contributed by atoms with Gasteiger partial charge in [-0.2, -0.15) is 0 Å². The highest BCUT2D eigenvalue weighted by atomic mass is 14.8. The molecule has 0 spiro atoms. The topological polar surface area (TPSA) is 51.6 Å². The zero-order chi connectivity index (χ0) is 27.6. The average molecular weight is 537 g/mol. The first-order valence-corrected chi connectivity index (χ1v) is 14.4. The van der Waals surface area contributed by atoms with Gasteiger partial charge in [-0.1, -0.05) is 78.9 Å². The van der Waals surface area contributed by atoms with Crippen molar-refractivity contribution in [1.29, 1.82) is 0 Å². The highest BCUT2D eigenvalue weighted by molar-refractivity contribution is 6.16. The molecule has 0 aliphatic heterocycles. The van der Waals surface area contributed by atoms with Crippen LogP contribution in [0.25, 0.3) is 77.3 Å². The summed E-state index contributed by atoms with van der Waals surface area (Å²) in [5, 5.41) is 4.51. The van der Waals surface area contributed by atoms with Crippen LogP contribution in [0.5, 0.6) is 0 Å². The van der Waals surface area contributed by atoms with Crippen LogP contribution in [-0.4, -0.2) is 19.9 Å². The number of benzene rings is 4. The molecule has 42 heavy (non-hydrogen) atoms. The van der Waals surface area contributed by atoms with Crippen LogP contribution < -0.4 is 0 Å². The van der Waals surface area contributed by atoms with Crippen molar-refractivity contribution in [2.45, 2.75) is 12.8 Å². The lowest BCUT2D eigenvalue weighted by molar-refractivity contribution is 0.919. The Labute approximate surface area is 242 Å². The van der Waals surface area contributed by atoms with E-state index in [-0.39, 0.29) is 0 Å². The first-order chi connectivity index (χ1) is 20.8. The Hall–Kier alpha value is -5.48. The summed E-state index contributed by atoms with van der Waals surface area (Å²) < 4.78 is 0. The lowest BCUT2D eigenvalue weighted by Gasteiger charge is -2.23. The second-order valence-corrected chi connectivity index (χ2v) is 11.0. The summed E-state index contributed by atoms with van der Waals surface area (Å²) >= 11 is 0. The number of para-hydroxylation sites is 2. The van der Waals surface area contributed by atoms with Crippen molar-refractivity contribution in [2.75, 3.05) is 0 Å². The van der Waals surface area contributed by atoms with Crippen molar-refractivity contribution in [1.82, 2.24) is 19.9 Å². The molecule has 0 N–H and O–H groups in total. The lowest BCUT2D eigenvalue weighted by Crippen LogP contribution is -2.09. The second-order valence-electron chi connectivity index (χ2n) is 11.0. The Morgan fingerprint density at radius 3 is 2.10 bits per heavy atom. The van der Waals surface area contributed by atoms with Gasteiger partial charge in [-0.3, -0.25) is 9.97 Å². The van der Waals surface area contributed by atoms with Gasteiger partial charge >= 0.3 is 0 Å². The van der Waals surface area contributed by atoms with E-state index in [4.69, 9.17) is 19.9 Å². The summed E-state index contributed by atoms with van der Waals surface area (Å²) in [6.07, 6.45) is 5.62. The molecule has 4 nitrogen and oxygen atoms in total. The van der Waals surface area contributed by atoms with E-state index in [0.29, 0.717) is 0 Å². The molecular formula is C38H24N4. The maximum atomic E-state index is 5.16. The summed E-state index contributed by atoms with van der Waals surface area (Å²) in [5.74, 6) is 0. The zero-order valence-electron chi connectivity index (χ0n) is 22.8. The van der Waals surface area contributed by atoms with Gasteiger partial charge in [0, 0.05) is 39.5 Å². The molecule has 0 unspecified atom stereocenters. The number of aromatic nitrogens is 4. The minimum atomic E-state index is 0.929. The van der Waals surface area contributed by atoms with Crippen LogP contribution in [0.1, 0.15) is 11.1 Å². The zero-order valence-corrected chi connectivity index (χ0v) is 22.8. The van der Waals surface area contributed by atoms with Crippen LogP contribution in [0.4, 0.5) is 0 Å². The fourth-order valence-corrected chi connectivity index (χ4v) is 6.77. The smallest absolute Gasteiger partial charge is 0.0978 e. The van der Waals surface area contributed by atoms with Gasteiger partial charge in [0.2, 0.25) is 0 Å². The second kappa shape index (κ2) is 9.02. The molecule has 4 aromatic heterocycles. The highest BCUT2D eigenvalue weighted by Crippen LogP contribution is 2.43. The quantitative estimate of drug-likeness (QED) is 0.163. The van der Waals surface area contributed by atoms with Crippen LogP contribution in [-0.2, 0) is 12.8 Å². The van der Waals surface area contributed by atoms with Gasteiger partial charge in [0.1, 0.15) is 0 Å². The van der Waals surface area contributed by atoms with E-state index in [1.54, 1.807) is 0 Å². The third kappa shape index (κ3) is 3.42. The molecule has 4 aromatic carbocycles. The van der Waals surface area contributed by atoms with Gasteiger partial charge < -0.3 is 0 Å². The SMILES string of the molecule is c1cc(-c2c3c(nc4ccccc24)-c2ncccc2CC3)cc(-c2c3ccccc3nc3c2ccc2cccnc23)c1. The maximum Gasteiger partial charge on any atom is 0.0978 e. The summed E-state index contributed by atoms with van der Waals surface area (Å²) in [4.78, 5) is 19.8. The Bertz CT molecular complexity index is 2370. The highest BCUT2D eigenvalue weighted by Gasteiger charge is 2.24. The van der Waals surface area contributed by atoms with Crippen molar-refractivity contribution < 1.29 is 0 Å². The molecule has 196 valence electrons. The molecule has 0 amide bonds. The van der Waals surface area contributed by atoms with Crippen LogP contribution in [0, 0.1) is 0 Å². The summed E-state index contributed by atoms with van der Waals surface area (Å²) in [6.45, 7) is 0. The first kappa shape index (κ1) is 23.2. The average Bonchev–Trinajstić information content (AvgIpc) is 3.06. The van der Waals surface area contributed by atoms with Crippen molar-refractivity contribution >= 4 is 43.6 Å². The summed E-state index contributed by atoms with van der Waals surface area (Å²) in [7, 11) is 0. The lowest BCUT2D eigenvalue weighted by atomic mass is 9.84. The van der Waals surface area contributed by atoms with Crippen LogP contribution in [0.3, 0.4) is 0 Å². The van der Waals surface area contributed by atoms with E-state index in [9.17, 15) is 0 Å². The predicted molar refractivity (Wildman–Crippen MR) is 171 cm³/mol. The Balaban J connectivity index is 1.35. The third-order valence-electron chi connectivity index (χ3n) is 8.62. The van der Waals surface area contributed by atoms with E-state index in [1.165, 1.54) is 33.2 Å². The molecule has 0 fully saturated rings. The number of rotatable bonds is 2. The third-order valence-corrected chi connectivity index (χ3v) is 8.62. The molecule has 1 aliphatic carbocycles. The van der Waals surface area contributed by atoms with Crippen LogP contribution >= 0.6 is 0 Å². The molecule has 0 radical (unpaired) electrons. The maximum absolute atomic E-state index is 5.16. The Morgan fingerprint density at radius 1 is 0.476 bits per heavy atom. The molecule has 1 aliphatic rings. The van der Waals surface area contributed by atoms with Gasteiger partial charge in [0.15, 0.2) is 0 Å². The molecule has 0 bridgehead atoms. The fourth-order valence-electron chi connectivity index (χ4n) is 6.77. The van der Waals surface area contributed by atoms with Crippen molar-refractivity contribution in [3.05, 3.63) is 133 Å².